The molecule has 0 unspecified atom stereocenters. The molecule has 3 rings (SSSR count). The second kappa shape index (κ2) is 6.64. The molecule has 0 bridgehead atoms. The van der Waals surface area contributed by atoms with E-state index in [0.29, 0.717) is 5.88 Å². The predicted octanol–water partition coefficient (Wildman–Crippen LogP) is 3.17. The molecule has 120 valence electrons. The van der Waals surface area contributed by atoms with Crippen LogP contribution in [0.25, 0.3) is 11.4 Å². The van der Waals surface area contributed by atoms with Crippen molar-refractivity contribution in [1.29, 1.82) is 0 Å². The number of ether oxygens (including phenoxy) is 1. The normalized spacial score (nSPS) is 11.0. The fourth-order valence-electron chi connectivity index (χ4n) is 2.22. The average Bonchev–Trinajstić information content (AvgIpc) is 3.08. The van der Waals surface area contributed by atoms with Crippen LogP contribution in [0.2, 0.25) is 5.02 Å². The summed E-state index contributed by atoms with van der Waals surface area (Å²) >= 11 is 7.62. The summed E-state index contributed by atoms with van der Waals surface area (Å²) in [5, 5.41) is 14.3. The van der Waals surface area contributed by atoms with Gasteiger partial charge >= 0.3 is 0 Å². The topological polar surface area (TPSA) is 57.8 Å². The van der Waals surface area contributed by atoms with Gasteiger partial charge in [0, 0.05) is 31.1 Å². The molecule has 0 saturated carbocycles. The smallest absolute Gasteiger partial charge is 0.243 e. The predicted molar refractivity (Wildman–Crippen MR) is 90.8 cm³/mol. The summed E-state index contributed by atoms with van der Waals surface area (Å²) < 4.78 is 8.93. The van der Waals surface area contributed by atoms with Gasteiger partial charge in [0.2, 0.25) is 5.88 Å². The molecule has 0 amide bonds. The van der Waals surface area contributed by atoms with E-state index >= 15 is 0 Å². The molecule has 2 aromatic heterocycles. The van der Waals surface area contributed by atoms with Crippen molar-refractivity contribution in [2.75, 3.05) is 7.11 Å². The van der Waals surface area contributed by atoms with E-state index < -0.39 is 0 Å². The molecule has 0 spiro atoms. The summed E-state index contributed by atoms with van der Waals surface area (Å²) in [6, 6.07) is 7.81. The van der Waals surface area contributed by atoms with Crippen LogP contribution in [0.4, 0.5) is 0 Å². The minimum absolute atomic E-state index is 0.536. The van der Waals surface area contributed by atoms with Crippen molar-refractivity contribution in [3.8, 4) is 17.3 Å². The van der Waals surface area contributed by atoms with Gasteiger partial charge in [-0.05, 0) is 17.7 Å². The summed E-state index contributed by atoms with van der Waals surface area (Å²) in [6.07, 6.45) is 1.87. The highest BCUT2D eigenvalue weighted by Crippen LogP contribution is 2.30. The van der Waals surface area contributed by atoms with Crippen LogP contribution in [0.1, 0.15) is 5.56 Å². The number of nitrogens with zero attached hydrogens (tertiary/aromatic N) is 5. The molecule has 2 heterocycles. The molecule has 0 fully saturated rings. The van der Waals surface area contributed by atoms with Crippen LogP contribution >= 0.6 is 23.4 Å². The van der Waals surface area contributed by atoms with Gasteiger partial charge in [0.25, 0.3) is 0 Å². The lowest BCUT2D eigenvalue weighted by atomic mass is 10.2. The molecule has 0 aliphatic rings. The van der Waals surface area contributed by atoms with Crippen molar-refractivity contribution >= 4 is 23.4 Å². The van der Waals surface area contributed by atoms with Gasteiger partial charge in [0.05, 0.1) is 7.11 Å². The van der Waals surface area contributed by atoms with Crippen LogP contribution in [0.15, 0.2) is 35.6 Å². The van der Waals surface area contributed by atoms with Crippen LogP contribution in [0.5, 0.6) is 5.88 Å². The van der Waals surface area contributed by atoms with E-state index in [1.54, 1.807) is 23.6 Å². The van der Waals surface area contributed by atoms with E-state index in [0.717, 1.165) is 32.9 Å². The van der Waals surface area contributed by atoms with Crippen molar-refractivity contribution in [1.82, 2.24) is 24.5 Å². The number of halogens is 1. The van der Waals surface area contributed by atoms with Crippen LogP contribution in [-0.2, 0) is 19.8 Å². The molecule has 0 aliphatic carbocycles. The summed E-state index contributed by atoms with van der Waals surface area (Å²) in [7, 11) is 5.37. The Morgan fingerprint density at radius 3 is 2.83 bits per heavy atom. The Labute approximate surface area is 143 Å². The maximum atomic E-state index is 6.01. The molecule has 0 N–H and O–H groups in total. The first kappa shape index (κ1) is 15.9. The van der Waals surface area contributed by atoms with E-state index in [1.807, 2.05) is 49.1 Å². The Kier molecular flexibility index (Phi) is 4.58. The number of hydrogen-bond donors (Lipinski definition) is 0. The summed E-state index contributed by atoms with van der Waals surface area (Å²) in [6.45, 7) is 0. The highest BCUT2D eigenvalue weighted by Gasteiger charge is 2.18. The number of benzene rings is 1. The molecule has 1 aromatic carbocycles. The highest BCUT2D eigenvalue weighted by atomic mass is 35.5. The molecule has 8 heteroatoms. The second-order valence-corrected chi connectivity index (χ2v) is 6.39. The molecule has 3 aromatic rings. The number of aryl methyl sites for hydroxylation is 1. The second-order valence-electron chi connectivity index (χ2n) is 5.01. The third-order valence-electron chi connectivity index (χ3n) is 3.32. The zero-order valence-electron chi connectivity index (χ0n) is 13.0. The summed E-state index contributed by atoms with van der Waals surface area (Å²) in [5.41, 5.74) is 1.96. The van der Waals surface area contributed by atoms with Crippen LogP contribution in [0, 0.1) is 0 Å². The third kappa shape index (κ3) is 3.35. The number of rotatable bonds is 5. The van der Waals surface area contributed by atoms with Gasteiger partial charge in [-0.1, -0.05) is 35.5 Å². The lowest BCUT2D eigenvalue weighted by molar-refractivity contribution is 0.393. The Morgan fingerprint density at radius 1 is 1.26 bits per heavy atom. The van der Waals surface area contributed by atoms with Crippen molar-refractivity contribution in [2.24, 2.45) is 14.1 Å². The summed E-state index contributed by atoms with van der Waals surface area (Å²) in [4.78, 5) is 0. The molecule has 0 atom stereocenters. The van der Waals surface area contributed by atoms with Gasteiger partial charge < -0.3 is 9.30 Å². The first-order chi connectivity index (χ1) is 11.1. The van der Waals surface area contributed by atoms with Crippen LogP contribution < -0.4 is 4.74 Å². The number of thioether (sulfide) groups is 1. The van der Waals surface area contributed by atoms with Crippen LogP contribution in [0.3, 0.4) is 0 Å². The maximum Gasteiger partial charge on any atom is 0.243 e. The number of hydrogen-bond acceptors (Lipinski definition) is 5. The molecule has 6 nitrogen and oxygen atoms in total. The SMILES string of the molecule is COc1nn(C)cc1-c1nnc(SCc2cccc(Cl)c2)n1C. The molecule has 0 radical (unpaired) electrons. The van der Waals surface area contributed by atoms with Gasteiger partial charge in [-0.3, -0.25) is 4.68 Å². The Morgan fingerprint density at radius 2 is 2.09 bits per heavy atom. The van der Waals surface area contributed by atoms with Gasteiger partial charge in [0.1, 0.15) is 5.56 Å². The summed E-state index contributed by atoms with van der Waals surface area (Å²) in [5.74, 6) is 2.04. The first-order valence-corrected chi connectivity index (χ1v) is 8.29. The van der Waals surface area contributed by atoms with Crippen molar-refractivity contribution < 1.29 is 4.74 Å². The Bertz CT molecular complexity index is 829. The zero-order chi connectivity index (χ0) is 16.4. The highest BCUT2D eigenvalue weighted by molar-refractivity contribution is 7.98. The van der Waals surface area contributed by atoms with Crippen molar-refractivity contribution in [2.45, 2.75) is 10.9 Å². The third-order valence-corrected chi connectivity index (χ3v) is 4.65. The lowest BCUT2D eigenvalue weighted by Gasteiger charge is -2.04. The lowest BCUT2D eigenvalue weighted by Crippen LogP contribution is -1.96. The molecule has 0 aliphatic heterocycles. The molecule has 23 heavy (non-hydrogen) atoms. The average molecular weight is 350 g/mol. The van der Waals surface area contributed by atoms with E-state index in [2.05, 4.69) is 15.3 Å². The molecular weight excluding hydrogens is 334 g/mol. The zero-order valence-corrected chi connectivity index (χ0v) is 14.6. The van der Waals surface area contributed by atoms with Gasteiger partial charge in [-0.15, -0.1) is 15.3 Å². The van der Waals surface area contributed by atoms with Crippen LogP contribution in [-0.4, -0.2) is 31.7 Å². The van der Waals surface area contributed by atoms with Gasteiger partial charge in [-0.25, -0.2) is 0 Å². The Balaban J connectivity index is 1.82. The van der Waals surface area contributed by atoms with Crippen molar-refractivity contribution in [3.63, 3.8) is 0 Å². The maximum absolute atomic E-state index is 6.01. The van der Waals surface area contributed by atoms with Gasteiger partial charge in [0.15, 0.2) is 11.0 Å². The fraction of sp³-hybridized carbons (Fsp3) is 0.267. The fourth-order valence-corrected chi connectivity index (χ4v) is 3.29. The van der Waals surface area contributed by atoms with Gasteiger partial charge in [-0.2, -0.15) is 0 Å². The Hall–Kier alpha value is -1.99. The van der Waals surface area contributed by atoms with E-state index in [9.17, 15) is 0 Å². The standard InChI is InChI=1S/C15H16ClN5OS/c1-20-8-12(14(19-20)22-3)13-17-18-15(21(13)2)23-9-10-5-4-6-11(16)7-10/h4-8H,9H2,1-3H3. The van der Waals surface area contributed by atoms with E-state index in [4.69, 9.17) is 16.3 Å². The van der Waals surface area contributed by atoms with E-state index in [1.165, 1.54) is 0 Å². The number of methoxy groups -OCH3 is 1. The monoisotopic (exact) mass is 349 g/mol. The quantitative estimate of drug-likeness (QED) is 0.662. The minimum Gasteiger partial charge on any atom is -0.479 e. The molecule has 0 saturated heterocycles. The number of aromatic nitrogens is 5. The first-order valence-electron chi connectivity index (χ1n) is 6.93. The molecular formula is C15H16ClN5OS. The van der Waals surface area contributed by atoms with Crippen molar-refractivity contribution in [3.05, 3.63) is 41.0 Å². The van der Waals surface area contributed by atoms with E-state index in [-0.39, 0.29) is 0 Å². The minimum atomic E-state index is 0.536. The largest absolute Gasteiger partial charge is 0.479 e.